The third-order valence-electron chi connectivity index (χ3n) is 4.81. The summed E-state index contributed by atoms with van der Waals surface area (Å²) in [6.07, 6.45) is 11.3. The molecule has 2 aliphatic carbocycles. The zero-order valence-electron chi connectivity index (χ0n) is 12.2. The molecular weight excluding hydrogens is 236 g/mol. The van der Waals surface area contributed by atoms with Crippen molar-refractivity contribution in [3.63, 3.8) is 0 Å². The van der Waals surface area contributed by atoms with Gasteiger partial charge in [-0.25, -0.2) is 0 Å². The molecule has 0 heterocycles. The van der Waals surface area contributed by atoms with Gasteiger partial charge in [-0.1, -0.05) is 25.7 Å². The normalized spacial score (nSPS) is 36.3. The summed E-state index contributed by atoms with van der Waals surface area (Å²) >= 11 is 0. The molecule has 0 aromatic carbocycles. The van der Waals surface area contributed by atoms with E-state index in [0.29, 0.717) is 24.2 Å². The molecule has 0 bridgehead atoms. The molecule has 6 N–H and O–H groups in total. The Kier molecular flexibility index (Phi) is 6.57. The first kappa shape index (κ1) is 15.2. The fourth-order valence-corrected chi connectivity index (χ4v) is 3.49. The average molecular weight is 268 g/mol. The quantitative estimate of drug-likeness (QED) is 0.544. The molecule has 0 aromatic rings. The van der Waals surface area contributed by atoms with Gasteiger partial charge in [-0.2, -0.15) is 0 Å². The fourth-order valence-electron chi connectivity index (χ4n) is 3.49. The van der Waals surface area contributed by atoms with Crippen LogP contribution in [-0.2, 0) is 0 Å². The van der Waals surface area contributed by atoms with Gasteiger partial charge in [-0.05, 0) is 45.2 Å². The fraction of sp³-hybridized carbons (Fsp3) is 1.00. The van der Waals surface area contributed by atoms with Gasteiger partial charge in [0, 0.05) is 24.2 Å². The zero-order valence-corrected chi connectivity index (χ0v) is 12.2. The second-order valence-electron chi connectivity index (χ2n) is 6.37. The van der Waals surface area contributed by atoms with E-state index in [1.807, 2.05) is 0 Å². The molecule has 0 radical (unpaired) electrons. The summed E-state index contributed by atoms with van der Waals surface area (Å²) in [4.78, 5) is 0. The van der Waals surface area contributed by atoms with Crippen molar-refractivity contribution in [1.82, 2.24) is 10.6 Å². The highest BCUT2D eigenvalue weighted by atomic mass is 15.0. The molecule has 2 saturated carbocycles. The van der Waals surface area contributed by atoms with Crippen LogP contribution in [0, 0.1) is 0 Å². The average Bonchev–Trinajstić information content (AvgIpc) is 2.42. The van der Waals surface area contributed by atoms with Crippen molar-refractivity contribution in [2.24, 2.45) is 11.5 Å². The van der Waals surface area contributed by atoms with Crippen LogP contribution in [0.4, 0.5) is 0 Å². The first-order chi connectivity index (χ1) is 9.27. The van der Waals surface area contributed by atoms with E-state index in [1.165, 1.54) is 57.8 Å². The molecule has 2 fully saturated rings. The Morgan fingerprint density at radius 2 is 1.11 bits per heavy atom. The van der Waals surface area contributed by atoms with Gasteiger partial charge < -0.3 is 22.1 Å². The summed E-state index contributed by atoms with van der Waals surface area (Å²) in [5, 5.41) is 7.25. The van der Waals surface area contributed by atoms with Crippen LogP contribution in [0.3, 0.4) is 0 Å². The maximum atomic E-state index is 6.13. The van der Waals surface area contributed by atoms with Crippen LogP contribution in [0.5, 0.6) is 0 Å². The lowest BCUT2D eigenvalue weighted by atomic mass is 9.90. The summed E-state index contributed by atoms with van der Waals surface area (Å²) in [5.74, 6) is 0. The largest absolute Gasteiger partial charge is 0.326 e. The van der Waals surface area contributed by atoms with Crippen LogP contribution >= 0.6 is 0 Å². The molecule has 0 amide bonds. The van der Waals surface area contributed by atoms with Gasteiger partial charge in [0.1, 0.15) is 0 Å². The third-order valence-corrected chi connectivity index (χ3v) is 4.81. The van der Waals surface area contributed by atoms with Crippen LogP contribution < -0.4 is 22.1 Å². The molecule has 0 saturated heterocycles. The van der Waals surface area contributed by atoms with Gasteiger partial charge in [0.05, 0.1) is 0 Å². The van der Waals surface area contributed by atoms with Crippen LogP contribution in [0.2, 0.25) is 0 Å². The molecule has 4 nitrogen and oxygen atoms in total. The lowest BCUT2D eigenvalue weighted by molar-refractivity contribution is 0.312. The first-order valence-corrected chi connectivity index (χ1v) is 8.25. The first-order valence-electron chi connectivity index (χ1n) is 8.25. The van der Waals surface area contributed by atoms with E-state index in [1.54, 1.807) is 0 Å². The summed E-state index contributed by atoms with van der Waals surface area (Å²) in [7, 11) is 0. The Balaban J connectivity index is 1.51. The molecule has 0 aliphatic heterocycles. The number of nitrogens with one attached hydrogen (secondary N) is 2. The summed E-state index contributed by atoms with van der Waals surface area (Å²) in [6.45, 7) is 2.15. The minimum absolute atomic E-state index is 0.369. The van der Waals surface area contributed by atoms with E-state index in [2.05, 4.69) is 10.6 Å². The van der Waals surface area contributed by atoms with Crippen LogP contribution in [0.25, 0.3) is 0 Å². The predicted molar refractivity (Wildman–Crippen MR) is 81.1 cm³/mol. The van der Waals surface area contributed by atoms with Crippen molar-refractivity contribution in [2.75, 3.05) is 13.1 Å². The van der Waals surface area contributed by atoms with Crippen molar-refractivity contribution in [1.29, 1.82) is 0 Å². The van der Waals surface area contributed by atoms with Crippen molar-refractivity contribution in [3.05, 3.63) is 0 Å². The topological polar surface area (TPSA) is 76.1 Å². The highest BCUT2D eigenvalue weighted by molar-refractivity contribution is 4.85. The maximum absolute atomic E-state index is 6.13. The van der Waals surface area contributed by atoms with Gasteiger partial charge >= 0.3 is 0 Å². The summed E-state index contributed by atoms with van der Waals surface area (Å²) in [5.41, 5.74) is 12.3. The molecule has 2 rings (SSSR count). The minimum atomic E-state index is 0.369. The molecular formula is C15H32N4. The standard InChI is InChI=1S/C15H32N4/c16-12-6-1-3-8-14(12)18-10-5-11-19-15-9-4-2-7-13(15)17/h12-15,18-19H,1-11,16-17H2/t12-,13?,14+,15+/m1/s1. The van der Waals surface area contributed by atoms with Crippen molar-refractivity contribution < 1.29 is 0 Å². The van der Waals surface area contributed by atoms with Gasteiger partial charge in [0.2, 0.25) is 0 Å². The van der Waals surface area contributed by atoms with Gasteiger partial charge in [0.25, 0.3) is 0 Å². The molecule has 0 spiro atoms. The summed E-state index contributed by atoms with van der Waals surface area (Å²) in [6, 6.07) is 1.83. The predicted octanol–water partition coefficient (Wildman–Crippen LogP) is 1.10. The van der Waals surface area contributed by atoms with Crippen LogP contribution in [0.15, 0.2) is 0 Å². The number of hydrogen-bond acceptors (Lipinski definition) is 4. The van der Waals surface area contributed by atoms with Crippen molar-refractivity contribution in [2.45, 2.75) is 82.0 Å². The lowest BCUT2D eigenvalue weighted by Gasteiger charge is -2.30. The highest BCUT2D eigenvalue weighted by Gasteiger charge is 2.22. The summed E-state index contributed by atoms with van der Waals surface area (Å²) < 4.78 is 0. The second kappa shape index (κ2) is 8.20. The van der Waals surface area contributed by atoms with Crippen LogP contribution in [0.1, 0.15) is 57.8 Å². The van der Waals surface area contributed by atoms with E-state index in [9.17, 15) is 0 Å². The Morgan fingerprint density at radius 3 is 1.53 bits per heavy atom. The van der Waals surface area contributed by atoms with E-state index >= 15 is 0 Å². The van der Waals surface area contributed by atoms with E-state index in [0.717, 1.165) is 13.1 Å². The monoisotopic (exact) mass is 268 g/mol. The number of rotatable bonds is 6. The van der Waals surface area contributed by atoms with Gasteiger partial charge in [-0.3, -0.25) is 0 Å². The van der Waals surface area contributed by atoms with Gasteiger partial charge in [-0.15, -0.1) is 0 Å². The Morgan fingerprint density at radius 1 is 0.684 bits per heavy atom. The Bertz CT molecular complexity index is 222. The van der Waals surface area contributed by atoms with E-state index in [-0.39, 0.29) is 0 Å². The highest BCUT2D eigenvalue weighted by Crippen LogP contribution is 2.17. The molecule has 4 heteroatoms. The van der Waals surface area contributed by atoms with E-state index < -0.39 is 0 Å². The molecule has 2 aliphatic rings. The smallest absolute Gasteiger partial charge is 0.0219 e. The Hall–Kier alpha value is -0.160. The maximum Gasteiger partial charge on any atom is 0.0219 e. The molecule has 4 atom stereocenters. The second-order valence-corrected chi connectivity index (χ2v) is 6.37. The minimum Gasteiger partial charge on any atom is -0.326 e. The van der Waals surface area contributed by atoms with Crippen molar-refractivity contribution >= 4 is 0 Å². The van der Waals surface area contributed by atoms with Crippen molar-refractivity contribution in [3.8, 4) is 0 Å². The van der Waals surface area contributed by atoms with Crippen LogP contribution in [-0.4, -0.2) is 37.3 Å². The molecule has 0 aromatic heterocycles. The molecule has 1 unspecified atom stereocenters. The van der Waals surface area contributed by atoms with Gasteiger partial charge in [0.15, 0.2) is 0 Å². The lowest BCUT2D eigenvalue weighted by Crippen LogP contribution is -2.49. The number of hydrogen-bond donors (Lipinski definition) is 4. The number of nitrogens with two attached hydrogens (primary N) is 2. The third kappa shape index (κ3) is 5.03. The SMILES string of the molecule is NC1CCCC[C@@H]1NCCCN[C@H]1CCCC[C@H]1N. The Labute approximate surface area is 118 Å². The zero-order chi connectivity index (χ0) is 13.5. The molecule has 19 heavy (non-hydrogen) atoms. The molecule has 112 valence electrons. The van der Waals surface area contributed by atoms with E-state index in [4.69, 9.17) is 11.5 Å².